The predicted molar refractivity (Wildman–Crippen MR) is 89.6 cm³/mol. The maximum atomic E-state index is 11.8. The number of hydrogen-bond donors (Lipinski definition) is 2. The van der Waals surface area contributed by atoms with E-state index >= 15 is 0 Å². The minimum absolute atomic E-state index is 0.224. The summed E-state index contributed by atoms with van der Waals surface area (Å²) in [5.74, 6) is 0.846. The van der Waals surface area contributed by atoms with Gasteiger partial charge in [0.1, 0.15) is 12.4 Å². The number of rotatable bonds is 5. The van der Waals surface area contributed by atoms with Gasteiger partial charge in [0.15, 0.2) is 0 Å². The largest absolute Gasteiger partial charge is 0.491 e. The van der Waals surface area contributed by atoms with E-state index in [9.17, 15) is 4.79 Å². The van der Waals surface area contributed by atoms with Crippen LogP contribution in [0.3, 0.4) is 0 Å². The minimum atomic E-state index is -0.224. The van der Waals surface area contributed by atoms with Crippen molar-refractivity contribution in [3.8, 4) is 5.75 Å². The molecule has 0 saturated heterocycles. The highest BCUT2D eigenvalue weighted by Gasteiger charge is 2.03. The van der Waals surface area contributed by atoms with Crippen molar-refractivity contribution in [2.24, 2.45) is 0 Å². The number of carbonyl (C=O) groups excluding carboxylic acids is 1. The van der Waals surface area contributed by atoms with Gasteiger partial charge in [-0.1, -0.05) is 24.3 Å². The molecular weight excluding hydrogens is 276 g/mol. The zero-order chi connectivity index (χ0) is 15.9. The number of urea groups is 1. The predicted octanol–water partition coefficient (Wildman–Crippen LogP) is 3.81. The summed E-state index contributed by atoms with van der Waals surface area (Å²) in [6.45, 7) is 6.89. The Bertz CT molecular complexity index is 633. The highest BCUT2D eigenvalue weighted by atomic mass is 16.5. The first-order valence-electron chi connectivity index (χ1n) is 7.36. The van der Waals surface area contributed by atoms with Gasteiger partial charge in [-0.15, -0.1) is 0 Å². The lowest BCUT2D eigenvalue weighted by Gasteiger charge is -2.11. The highest BCUT2D eigenvalue weighted by molar-refractivity contribution is 5.89. The first kappa shape index (κ1) is 15.9. The summed E-state index contributed by atoms with van der Waals surface area (Å²) in [6, 6.07) is 13.5. The van der Waals surface area contributed by atoms with Crippen LogP contribution in [0.2, 0.25) is 0 Å². The minimum Gasteiger partial charge on any atom is -0.491 e. The monoisotopic (exact) mass is 298 g/mol. The quantitative estimate of drug-likeness (QED) is 0.825. The van der Waals surface area contributed by atoms with Crippen molar-refractivity contribution in [3.63, 3.8) is 0 Å². The van der Waals surface area contributed by atoms with Crippen LogP contribution in [-0.2, 0) is 0 Å². The van der Waals surface area contributed by atoms with Crippen molar-refractivity contribution in [1.82, 2.24) is 5.32 Å². The number of amides is 2. The van der Waals surface area contributed by atoms with Crippen LogP contribution in [0, 0.1) is 20.8 Å². The third kappa shape index (κ3) is 4.81. The van der Waals surface area contributed by atoms with Gasteiger partial charge in [-0.25, -0.2) is 4.79 Å². The standard InChI is InChI=1S/C18H22N2O2/c1-13-10-14(2)12-16(11-13)20-18(21)19-8-9-22-17-7-5-4-6-15(17)3/h4-7,10-12H,8-9H2,1-3H3,(H2,19,20,21). The molecule has 0 spiro atoms. The summed E-state index contributed by atoms with van der Waals surface area (Å²) >= 11 is 0. The van der Waals surface area contributed by atoms with Crippen LogP contribution in [0.25, 0.3) is 0 Å². The Morgan fingerprint density at radius 1 is 1.05 bits per heavy atom. The number of nitrogens with one attached hydrogen (secondary N) is 2. The zero-order valence-electron chi connectivity index (χ0n) is 13.3. The fourth-order valence-electron chi connectivity index (χ4n) is 2.27. The third-order valence-electron chi connectivity index (χ3n) is 3.22. The van der Waals surface area contributed by atoms with Crippen molar-refractivity contribution in [2.75, 3.05) is 18.5 Å². The Kier molecular flexibility index (Phi) is 5.42. The molecule has 0 bridgehead atoms. The van der Waals surface area contributed by atoms with Crippen molar-refractivity contribution < 1.29 is 9.53 Å². The molecule has 0 radical (unpaired) electrons. The van der Waals surface area contributed by atoms with E-state index in [0.29, 0.717) is 13.2 Å². The van der Waals surface area contributed by atoms with Crippen LogP contribution in [0.1, 0.15) is 16.7 Å². The SMILES string of the molecule is Cc1cc(C)cc(NC(=O)NCCOc2ccccc2C)c1. The van der Waals surface area contributed by atoms with Gasteiger partial charge in [0.2, 0.25) is 0 Å². The molecule has 2 rings (SSSR count). The van der Waals surface area contributed by atoms with E-state index in [-0.39, 0.29) is 6.03 Å². The second kappa shape index (κ2) is 7.50. The zero-order valence-corrected chi connectivity index (χ0v) is 13.3. The maximum absolute atomic E-state index is 11.8. The molecule has 0 aliphatic heterocycles. The van der Waals surface area contributed by atoms with E-state index in [4.69, 9.17) is 4.74 Å². The second-order valence-electron chi connectivity index (χ2n) is 5.37. The lowest BCUT2D eigenvalue weighted by atomic mass is 10.1. The molecule has 0 aliphatic carbocycles. The molecule has 0 aliphatic rings. The molecule has 0 atom stereocenters. The molecule has 2 aromatic rings. The molecule has 0 aromatic heterocycles. The molecule has 2 N–H and O–H groups in total. The van der Waals surface area contributed by atoms with Gasteiger partial charge in [-0.05, 0) is 55.7 Å². The molecule has 2 amide bonds. The summed E-state index contributed by atoms with van der Waals surface area (Å²) in [5, 5.41) is 5.61. The van der Waals surface area contributed by atoms with Gasteiger partial charge in [0.05, 0.1) is 6.54 Å². The molecule has 116 valence electrons. The average molecular weight is 298 g/mol. The number of hydrogen-bond acceptors (Lipinski definition) is 2. The maximum Gasteiger partial charge on any atom is 0.319 e. The van der Waals surface area contributed by atoms with E-state index in [2.05, 4.69) is 16.7 Å². The summed E-state index contributed by atoms with van der Waals surface area (Å²) in [4.78, 5) is 11.8. The topological polar surface area (TPSA) is 50.4 Å². The average Bonchev–Trinajstić information content (AvgIpc) is 2.44. The molecule has 4 heteroatoms. The first-order chi connectivity index (χ1) is 10.5. The van der Waals surface area contributed by atoms with E-state index in [1.54, 1.807) is 0 Å². The normalized spacial score (nSPS) is 10.1. The van der Waals surface area contributed by atoms with Crippen molar-refractivity contribution in [1.29, 1.82) is 0 Å². The molecule has 2 aromatic carbocycles. The smallest absolute Gasteiger partial charge is 0.319 e. The van der Waals surface area contributed by atoms with Gasteiger partial charge in [-0.3, -0.25) is 0 Å². The molecule has 4 nitrogen and oxygen atoms in total. The molecule has 0 saturated carbocycles. The van der Waals surface area contributed by atoms with Crippen molar-refractivity contribution >= 4 is 11.7 Å². The summed E-state index contributed by atoms with van der Waals surface area (Å²) in [7, 11) is 0. The van der Waals surface area contributed by atoms with Gasteiger partial charge in [0.25, 0.3) is 0 Å². The fraction of sp³-hybridized carbons (Fsp3) is 0.278. The lowest BCUT2D eigenvalue weighted by Crippen LogP contribution is -2.32. The van der Waals surface area contributed by atoms with E-state index in [1.165, 1.54) is 0 Å². The lowest BCUT2D eigenvalue weighted by molar-refractivity contribution is 0.247. The molecule has 0 heterocycles. The molecular formula is C18H22N2O2. The summed E-state index contributed by atoms with van der Waals surface area (Å²) < 4.78 is 5.63. The van der Waals surface area contributed by atoms with Crippen LogP contribution < -0.4 is 15.4 Å². The van der Waals surface area contributed by atoms with Gasteiger partial charge < -0.3 is 15.4 Å². The molecule has 0 fully saturated rings. The van der Waals surface area contributed by atoms with E-state index < -0.39 is 0 Å². The van der Waals surface area contributed by atoms with E-state index in [1.807, 2.05) is 57.2 Å². The number of aryl methyl sites for hydroxylation is 3. The van der Waals surface area contributed by atoms with Gasteiger partial charge in [0, 0.05) is 5.69 Å². The Morgan fingerprint density at radius 2 is 1.73 bits per heavy atom. The fourth-order valence-corrected chi connectivity index (χ4v) is 2.27. The number of carbonyl (C=O) groups is 1. The number of para-hydroxylation sites is 1. The van der Waals surface area contributed by atoms with Crippen LogP contribution in [0.4, 0.5) is 10.5 Å². The van der Waals surface area contributed by atoms with Crippen LogP contribution >= 0.6 is 0 Å². The second-order valence-corrected chi connectivity index (χ2v) is 5.37. The summed E-state index contributed by atoms with van der Waals surface area (Å²) in [5.41, 5.74) is 4.13. The number of ether oxygens (including phenoxy) is 1. The van der Waals surface area contributed by atoms with Crippen LogP contribution in [0.15, 0.2) is 42.5 Å². The Balaban J connectivity index is 1.75. The number of benzene rings is 2. The first-order valence-corrected chi connectivity index (χ1v) is 7.36. The van der Waals surface area contributed by atoms with Gasteiger partial charge >= 0.3 is 6.03 Å². The van der Waals surface area contributed by atoms with Crippen molar-refractivity contribution in [2.45, 2.75) is 20.8 Å². The Morgan fingerprint density at radius 3 is 2.41 bits per heavy atom. The summed E-state index contributed by atoms with van der Waals surface area (Å²) in [6.07, 6.45) is 0. The Labute approximate surface area is 131 Å². The van der Waals surface area contributed by atoms with Crippen LogP contribution in [-0.4, -0.2) is 19.2 Å². The molecule has 0 unspecified atom stereocenters. The number of anilines is 1. The van der Waals surface area contributed by atoms with Crippen LogP contribution in [0.5, 0.6) is 5.75 Å². The molecule has 22 heavy (non-hydrogen) atoms. The van der Waals surface area contributed by atoms with E-state index in [0.717, 1.165) is 28.1 Å². The van der Waals surface area contributed by atoms with Crippen molar-refractivity contribution in [3.05, 3.63) is 59.2 Å². The third-order valence-corrected chi connectivity index (χ3v) is 3.22. The van der Waals surface area contributed by atoms with Gasteiger partial charge in [-0.2, -0.15) is 0 Å². The Hall–Kier alpha value is -2.49. The highest BCUT2D eigenvalue weighted by Crippen LogP contribution is 2.15.